The highest BCUT2D eigenvalue weighted by atomic mass is 32.2. The number of nitrogens with two attached hydrogens (primary N) is 1. The van der Waals surface area contributed by atoms with E-state index in [0.717, 1.165) is 39.8 Å². The summed E-state index contributed by atoms with van der Waals surface area (Å²) in [5.74, 6) is 0.302. The van der Waals surface area contributed by atoms with Gasteiger partial charge in [0.2, 0.25) is 0 Å². The standard InChI is InChI=1S/C35H40N2O8S/c1-22-17-27(26-11-8-12-28(19-26)44-21-31(38)39)18-23(2)34(22)43-16-15-37-24(3)33(40)29-13-14-30(35(32(29)36)46(4,41)42)45-20-25-9-6-5-7-10-25/h5-14,17-19,24,33,37,40H,15-16,20-21,36H2,1-4H3,(H,38,39)/t24-,33-/m0/s1. The number of hydrogen-bond donors (Lipinski definition) is 4. The molecule has 0 saturated heterocycles. The molecule has 11 heteroatoms. The van der Waals surface area contributed by atoms with E-state index in [1.165, 1.54) is 6.07 Å². The fourth-order valence-corrected chi connectivity index (χ4v) is 6.17. The first kappa shape index (κ1) is 34.3. The van der Waals surface area contributed by atoms with E-state index in [1.807, 2.05) is 68.4 Å². The number of aliphatic hydroxyl groups excluding tert-OH is 1. The van der Waals surface area contributed by atoms with Gasteiger partial charge in [-0.2, -0.15) is 0 Å². The van der Waals surface area contributed by atoms with Crippen LogP contribution in [-0.2, 0) is 21.2 Å². The molecule has 0 radical (unpaired) electrons. The number of hydrogen-bond acceptors (Lipinski definition) is 9. The Morgan fingerprint density at radius 2 is 1.61 bits per heavy atom. The van der Waals surface area contributed by atoms with Crippen molar-refractivity contribution in [3.05, 3.63) is 101 Å². The van der Waals surface area contributed by atoms with E-state index in [9.17, 15) is 18.3 Å². The predicted molar refractivity (Wildman–Crippen MR) is 177 cm³/mol. The van der Waals surface area contributed by atoms with Gasteiger partial charge in [-0.3, -0.25) is 0 Å². The largest absolute Gasteiger partial charge is 0.492 e. The van der Waals surface area contributed by atoms with E-state index >= 15 is 0 Å². The SMILES string of the molecule is Cc1cc(-c2cccc(OCC(=O)O)c2)cc(C)c1OCCN[C@@H](C)[C@H](O)c1ccc(OCc2ccccc2)c(S(C)(=O)=O)c1N. The number of sulfone groups is 1. The van der Waals surface area contributed by atoms with Gasteiger partial charge in [0.15, 0.2) is 16.4 Å². The highest BCUT2D eigenvalue weighted by Gasteiger charge is 2.26. The van der Waals surface area contributed by atoms with Crippen LogP contribution < -0.4 is 25.3 Å². The lowest BCUT2D eigenvalue weighted by atomic mass is 9.99. The van der Waals surface area contributed by atoms with E-state index < -0.39 is 34.6 Å². The van der Waals surface area contributed by atoms with Gasteiger partial charge in [-0.1, -0.05) is 48.5 Å². The molecular formula is C35H40N2O8S. The van der Waals surface area contributed by atoms with Gasteiger partial charge in [0, 0.05) is 24.4 Å². The Labute approximate surface area is 269 Å². The Morgan fingerprint density at radius 3 is 2.26 bits per heavy atom. The molecule has 0 aliphatic rings. The minimum Gasteiger partial charge on any atom is -0.492 e. The molecule has 10 nitrogen and oxygen atoms in total. The zero-order valence-corrected chi connectivity index (χ0v) is 27.1. The summed E-state index contributed by atoms with van der Waals surface area (Å²) in [5.41, 5.74) is 11.1. The van der Waals surface area contributed by atoms with Crippen molar-refractivity contribution in [3.63, 3.8) is 0 Å². The topological polar surface area (TPSA) is 157 Å². The van der Waals surface area contributed by atoms with Gasteiger partial charge in [-0.25, -0.2) is 13.2 Å². The van der Waals surface area contributed by atoms with E-state index in [0.29, 0.717) is 18.9 Å². The van der Waals surface area contributed by atoms with Gasteiger partial charge in [-0.15, -0.1) is 0 Å². The van der Waals surface area contributed by atoms with Gasteiger partial charge in [-0.05, 0) is 78.9 Å². The Morgan fingerprint density at radius 1 is 0.913 bits per heavy atom. The quantitative estimate of drug-likeness (QED) is 0.101. The van der Waals surface area contributed by atoms with E-state index in [-0.39, 0.29) is 28.5 Å². The van der Waals surface area contributed by atoms with E-state index in [1.54, 1.807) is 25.1 Å². The molecule has 0 unspecified atom stereocenters. The molecule has 0 aromatic heterocycles. The van der Waals surface area contributed by atoms with E-state index in [2.05, 4.69) is 5.32 Å². The molecule has 4 rings (SSSR count). The van der Waals surface area contributed by atoms with Crippen LogP contribution >= 0.6 is 0 Å². The summed E-state index contributed by atoms with van der Waals surface area (Å²) in [6.45, 7) is 6.15. The van der Waals surface area contributed by atoms with Crippen LogP contribution in [0.5, 0.6) is 17.2 Å². The van der Waals surface area contributed by atoms with Gasteiger partial charge in [0.25, 0.3) is 0 Å². The average Bonchev–Trinajstić information content (AvgIpc) is 3.01. The lowest BCUT2D eigenvalue weighted by molar-refractivity contribution is -0.139. The number of nitrogen functional groups attached to an aromatic ring is 1. The smallest absolute Gasteiger partial charge is 0.341 e. The lowest BCUT2D eigenvalue weighted by Crippen LogP contribution is -2.35. The Bertz CT molecular complexity index is 1750. The molecule has 5 N–H and O–H groups in total. The fraction of sp³-hybridized carbons (Fsp3) is 0.286. The second-order valence-electron chi connectivity index (χ2n) is 11.1. The zero-order valence-electron chi connectivity index (χ0n) is 26.3. The molecule has 0 amide bonds. The molecule has 0 bridgehead atoms. The van der Waals surface area contributed by atoms with Crippen molar-refractivity contribution >= 4 is 21.5 Å². The number of aliphatic hydroxyl groups is 1. The monoisotopic (exact) mass is 648 g/mol. The maximum Gasteiger partial charge on any atom is 0.341 e. The first-order valence-corrected chi connectivity index (χ1v) is 16.6. The molecule has 2 atom stereocenters. The van der Waals surface area contributed by atoms with Crippen LogP contribution in [0.4, 0.5) is 5.69 Å². The van der Waals surface area contributed by atoms with Gasteiger partial charge in [0.05, 0.1) is 11.8 Å². The minimum absolute atomic E-state index is 0.0456. The number of aliphatic carboxylic acids is 1. The summed E-state index contributed by atoms with van der Waals surface area (Å²) in [6, 6.07) is 23.2. The van der Waals surface area contributed by atoms with Crippen LogP contribution in [0.2, 0.25) is 0 Å². The number of carbonyl (C=O) groups is 1. The number of carboxylic acid groups (broad SMARTS) is 1. The molecule has 0 aliphatic carbocycles. The van der Waals surface area contributed by atoms with Crippen molar-refractivity contribution in [2.75, 3.05) is 31.7 Å². The van der Waals surface area contributed by atoms with Gasteiger partial charge < -0.3 is 35.5 Å². The van der Waals surface area contributed by atoms with Crippen molar-refractivity contribution < 1.29 is 37.6 Å². The number of nitrogens with one attached hydrogen (secondary N) is 1. The van der Waals surface area contributed by atoms with Crippen LogP contribution in [0.15, 0.2) is 83.8 Å². The summed E-state index contributed by atoms with van der Waals surface area (Å²) in [4.78, 5) is 10.7. The molecule has 0 saturated carbocycles. The third kappa shape index (κ3) is 8.78. The average molecular weight is 649 g/mol. The molecular weight excluding hydrogens is 608 g/mol. The van der Waals surface area contributed by atoms with E-state index in [4.69, 9.17) is 25.1 Å². The predicted octanol–water partition coefficient (Wildman–Crippen LogP) is 5.09. The maximum atomic E-state index is 12.7. The molecule has 0 aliphatic heterocycles. The summed E-state index contributed by atoms with van der Waals surface area (Å²) in [7, 11) is -3.77. The Hall–Kier alpha value is -4.58. The molecule has 0 fully saturated rings. The second-order valence-corrected chi connectivity index (χ2v) is 13.1. The molecule has 0 spiro atoms. The highest BCUT2D eigenvalue weighted by molar-refractivity contribution is 7.91. The van der Waals surface area contributed by atoms with Gasteiger partial charge in [0.1, 0.15) is 35.4 Å². The number of carboxylic acids is 1. The number of ether oxygens (including phenoxy) is 3. The van der Waals surface area contributed by atoms with Crippen LogP contribution in [0.1, 0.15) is 35.3 Å². The third-order valence-electron chi connectivity index (χ3n) is 7.40. The minimum atomic E-state index is -3.77. The maximum absolute atomic E-state index is 12.7. The number of benzene rings is 4. The summed E-state index contributed by atoms with van der Waals surface area (Å²) < 4.78 is 42.6. The van der Waals surface area contributed by atoms with Crippen molar-refractivity contribution in [2.45, 2.75) is 44.4 Å². The molecule has 244 valence electrons. The van der Waals surface area contributed by atoms with Crippen LogP contribution in [-0.4, -0.2) is 56.7 Å². The third-order valence-corrected chi connectivity index (χ3v) is 8.56. The molecule has 46 heavy (non-hydrogen) atoms. The van der Waals surface area contributed by atoms with Crippen LogP contribution in [0.25, 0.3) is 11.1 Å². The number of rotatable bonds is 15. The van der Waals surface area contributed by atoms with Crippen molar-refractivity contribution in [3.8, 4) is 28.4 Å². The zero-order chi connectivity index (χ0) is 33.4. The Kier molecular flexibility index (Phi) is 11.3. The van der Waals surface area contributed by atoms with Crippen LogP contribution in [0, 0.1) is 13.8 Å². The molecule has 4 aromatic carbocycles. The summed E-state index contributed by atoms with van der Waals surface area (Å²) in [5, 5.41) is 23.2. The summed E-state index contributed by atoms with van der Waals surface area (Å²) in [6.07, 6.45) is -0.0324. The normalized spacial score (nSPS) is 12.7. The summed E-state index contributed by atoms with van der Waals surface area (Å²) >= 11 is 0. The van der Waals surface area contributed by atoms with Crippen molar-refractivity contribution in [1.82, 2.24) is 5.32 Å². The first-order valence-electron chi connectivity index (χ1n) is 14.7. The molecule has 4 aromatic rings. The van der Waals surface area contributed by atoms with Crippen LogP contribution in [0.3, 0.4) is 0 Å². The fourth-order valence-electron chi connectivity index (χ4n) is 5.16. The highest BCUT2D eigenvalue weighted by Crippen LogP contribution is 2.37. The first-order chi connectivity index (χ1) is 21.8. The Balaban J connectivity index is 1.38. The second kappa shape index (κ2) is 15.1. The number of anilines is 1. The lowest BCUT2D eigenvalue weighted by Gasteiger charge is -2.24. The van der Waals surface area contributed by atoms with Gasteiger partial charge >= 0.3 is 5.97 Å². The number of aryl methyl sites for hydroxylation is 2. The van der Waals surface area contributed by atoms with Crippen molar-refractivity contribution in [1.29, 1.82) is 0 Å². The van der Waals surface area contributed by atoms with Crippen molar-refractivity contribution in [2.24, 2.45) is 0 Å². The molecule has 0 heterocycles.